The van der Waals surface area contributed by atoms with Crippen LogP contribution in [0.4, 0.5) is 0 Å². The van der Waals surface area contributed by atoms with Crippen molar-refractivity contribution in [3.8, 4) is 0 Å². The highest BCUT2D eigenvalue weighted by molar-refractivity contribution is 6.35. The number of hydrogen-bond acceptors (Lipinski definition) is 0. The smallest absolute Gasteiger partial charge is 0.0551 e. The monoisotopic (exact) mass is 317 g/mol. The zero-order valence-corrected chi connectivity index (χ0v) is 13.6. The molecule has 5 aromatic carbocycles. The van der Waals surface area contributed by atoms with Crippen LogP contribution in [0.2, 0.25) is 0 Å². The van der Waals surface area contributed by atoms with Gasteiger partial charge in [-0.05, 0) is 33.0 Å². The third-order valence-corrected chi connectivity index (χ3v) is 5.37. The van der Waals surface area contributed by atoms with Crippen LogP contribution in [0.5, 0.6) is 0 Å². The van der Waals surface area contributed by atoms with Gasteiger partial charge in [0.15, 0.2) is 0 Å². The molecule has 1 nitrogen and oxygen atoms in total. The molecule has 1 heterocycles. The van der Waals surface area contributed by atoms with Gasteiger partial charge in [-0.15, -0.1) is 0 Å². The molecule has 1 N–H and O–H groups in total. The Labute approximate surface area is 144 Å². The van der Waals surface area contributed by atoms with E-state index in [1.165, 1.54) is 54.1 Å². The average Bonchev–Trinajstić information content (AvgIpc) is 3.07. The number of nitrogens with one attached hydrogen (secondary N) is 1. The Hall–Kier alpha value is -3.32. The number of aromatic amines is 1. The average molecular weight is 317 g/mol. The molecule has 0 fully saturated rings. The van der Waals surface area contributed by atoms with Gasteiger partial charge in [-0.3, -0.25) is 0 Å². The van der Waals surface area contributed by atoms with Crippen molar-refractivity contribution in [2.24, 2.45) is 0 Å². The van der Waals surface area contributed by atoms with Gasteiger partial charge in [-0.25, -0.2) is 0 Å². The summed E-state index contributed by atoms with van der Waals surface area (Å²) in [6.07, 6.45) is 0. The molecule has 0 aliphatic heterocycles. The molecule has 1 aromatic heterocycles. The maximum Gasteiger partial charge on any atom is 0.0551 e. The van der Waals surface area contributed by atoms with Crippen LogP contribution in [-0.4, -0.2) is 4.98 Å². The van der Waals surface area contributed by atoms with Gasteiger partial charge in [0, 0.05) is 21.7 Å². The van der Waals surface area contributed by atoms with E-state index in [9.17, 15) is 0 Å². The van der Waals surface area contributed by atoms with E-state index in [1.807, 2.05) is 0 Å². The fourth-order valence-corrected chi connectivity index (χ4v) is 4.31. The molecule has 6 rings (SSSR count). The Morgan fingerprint density at radius 1 is 0.440 bits per heavy atom. The second-order valence-corrected chi connectivity index (χ2v) is 6.68. The van der Waals surface area contributed by atoms with E-state index < -0.39 is 0 Å². The number of fused-ring (bicyclic) bond motifs is 10. The molecule has 25 heavy (non-hydrogen) atoms. The Balaban J connectivity index is 2.07. The van der Waals surface area contributed by atoms with Crippen molar-refractivity contribution in [3.05, 3.63) is 84.9 Å². The Morgan fingerprint density at radius 3 is 2.00 bits per heavy atom. The maximum atomic E-state index is 3.66. The lowest BCUT2D eigenvalue weighted by molar-refractivity contribution is 1.56. The van der Waals surface area contributed by atoms with E-state index in [1.54, 1.807) is 0 Å². The van der Waals surface area contributed by atoms with E-state index in [0.29, 0.717) is 0 Å². The van der Waals surface area contributed by atoms with Crippen molar-refractivity contribution in [3.63, 3.8) is 0 Å². The third kappa shape index (κ3) is 1.62. The summed E-state index contributed by atoms with van der Waals surface area (Å²) in [7, 11) is 0. The molecular formula is C24H15N. The largest absolute Gasteiger partial charge is 0.354 e. The van der Waals surface area contributed by atoms with E-state index in [4.69, 9.17) is 0 Å². The van der Waals surface area contributed by atoms with Crippen LogP contribution < -0.4 is 0 Å². The van der Waals surface area contributed by atoms with E-state index in [2.05, 4.69) is 89.9 Å². The molecule has 0 aliphatic rings. The first kappa shape index (κ1) is 13.0. The summed E-state index contributed by atoms with van der Waals surface area (Å²) in [5, 5.41) is 10.5. The van der Waals surface area contributed by atoms with Gasteiger partial charge in [-0.1, -0.05) is 78.9 Å². The van der Waals surface area contributed by atoms with Gasteiger partial charge in [0.25, 0.3) is 0 Å². The van der Waals surface area contributed by atoms with Crippen molar-refractivity contribution in [2.75, 3.05) is 0 Å². The standard InChI is InChI=1S/C24H15N/c1-2-8-16-15(7-1)13-14-20-22(16)17-9-3-4-10-18(17)24-23(20)19-11-5-6-12-21(19)25-24/h1-14,25H. The van der Waals surface area contributed by atoms with Crippen LogP contribution in [0.15, 0.2) is 84.9 Å². The summed E-state index contributed by atoms with van der Waals surface area (Å²) in [6, 6.07) is 30.6. The lowest BCUT2D eigenvalue weighted by atomic mass is 9.93. The Bertz CT molecular complexity index is 1440. The van der Waals surface area contributed by atoms with E-state index in [0.717, 1.165) is 0 Å². The minimum Gasteiger partial charge on any atom is -0.354 e. The predicted octanol–water partition coefficient (Wildman–Crippen LogP) is 6.78. The first-order valence-corrected chi connectivity index (χ1v) is 8.64. The molecule has 6 aromatic rings. The summed E-state index contributed by atoms with van der Waals surface area (Å²) in [4.78, 5) is 3.66. The molecule has 0 radical (unpaired) electrons. The second kappa shape index (κ2) is 4.61. The van der Waals surface area contributed by atoms with Crippen molar-refractivity contribution in [1.29, 1.82) is 0 Å². The number of aromatic nitrogens is 1. The van der Waals surface area contributed by atoms with E-state index >= 15 is 0 Å². The van der Waals surface area contributed by atoms with Gasteiger partial charge in [0.2, 0.25) is 0 Å². The van der Waals surface area contributed by atoms with Crippen LogP contribution in [0.3, 0.4) is 0 Å². The molecule has 0 unspecified atom stereocenters. The highest BCUT2D eigenvalue weighted by Crippen LogP contribution is 2.41. The van der Waals surface area contributed by atoms with Crippen LogP contribution in [0, 0.1) is 0 Å². The lowest BCUT2D eigenvalue weighted by Gasteiger charge is -2.10. The zero-order chi connectivity index (χ0) is 16.4. The molecule has 0 saturated carbocycles. The first-order valence-electron chi connectivity index (χ1n) is 8.64. The number of hydrogen-bond donors (Lipinski definition) is 1. The molecule has 0 bridgehead atoms. The van der Waals surface area contributed by atoms with E-state index in [-0.39, 0.29) is 0 Å². The van der Waals surface area contributed by atoms with Crippen LogP contribution in [0.1, 0.15) is 0 Å². The van der Waals surface area contributed by atoms with Gasteiger partial charge >= 0.3 is 0 Å². The highest BCUT2D eigenvalue weighted by Gasteiger charge is 2.14. The summed E-state index contributed by atoms with van der Waals surface area (Å²) >= 11 is 0. The quantitative estimate of drug-likeness (QED) is 0.297. The fourth-order valence-electron chi connectivity index (χ4n) is 4.31. The number of rotatable bonds is 0. The molecule has 0 saturated heterocycles. The third-order valence-electron chi connectivity index (χ3n) is 5.37. The second-order valence-electron chi connectivity index (χ2n) is 6.68. The zero-order valence-electron chi connectivity index (χ0n) is 13.6. The number of benzene rings is 5. The Morgan fingerprint density at radius 2 is 1.12 bits per heavy atom. The van der Waals surface area contributed by atoms with Crippen molar-refractivity contribution in [2.45, 2.75) is 0 Å². The number of H-pyrrole nitrogens is 1. The fraction of sp³-hybridized carbons (Fsp3) is 0. The SMILES string of the molecule is c1ccc2c(c1)ccc1c2c2ccccc2c2[nH]c3ccccc3c12. The highest BCUT2D eigenvalue weighted by atomic mass is 14.7. The molecule has 0 aliphatic carbocycles. The lowest BCUT2D eigenvalue weighted by Crippen LogP contribution is -1.83. The summed E-state index contributed by atoms with van der Waals surface area (Å²) in [6.45, 7) is 0. The minimum atomic E-state index is 1.20. The number of para-hydroxylation sites is 1. The van der Waals surface area contributed by atoms with Crippen molar-refractivity contribution < 1.29 is 0 Å². The van der Waals surface area contributed by atoms with Gasteiger partial charge in [-0.2, -0.15) is 0 Å². The predicted molar refractivity (Wildman–Crippen MR) is 108 cm³/mol. The van der Waals surface area contributed by atoms with Gasteiger partial charge < -0.3 is 4.98 Å². The summed E-state index contributed by atoms with van der Waals surface area (Å²) < 4.78 is 0. The molecule has 1 heteroatoms. The normalized spacial score (nSPS) is 12.0. The van der Waals surface area contributed by atoms with Crippen LogP contribution >= 0.6 is 0 Å². The Kier molecular flexibility index (Phi) is 2.40. The first-order chi connectivity index (χ1) is 12.4. The molecule has 116 valence electrons. The molecule has 0 atom stereocenters. The van der Waals surface area contributed by atoms with Crippen LogP contribution in [0.25, 0.3) is 54.1 Å². The maximum absolute atomic E-state index is 3.66. The van der Waals surface area contributed by atoms with Crippen molar-refractivity contribution in [1.82, 2.24) is 4.98 Å². The summed E-state index contributed by atoms with van der Waals surface area (Å²) in [5.74, 6) is 0. The van der Waals surface area contributed by atoms with Gasteiger partial charge in [0.1, 0.15) is 0 Å². The minimum absolute atomic E-state index is 1.20. The van der Waals surface area contributed by atoms with Crippen molar-refractivity contribution >= 4 is 54.1 Å². The van der Waals surface area contributed by atoms with Crippen LogP contribution in [-0.2, 0) is 0 Å². The summed E-state index contributed by atoms with van der Waals surface area (Å²) in [5.41, 5.74) is 2.43. The topological polar surface area (TPSA) is 15.8 Å². The molecule has 0 amide bonds. The van der Waals surface area contributed by atoms with Gasteiger partial charge in [0.05, 0.1) is 5.52 Å². The molecule has 0 spiro atoms. The molecular weight excluding hydrogens is 302 g/mol.